The van der Waals surface area contributed by atoms with E-state index in [4.69, 9.17) is 10.2 Å². The van der Waals surface area contributed by atoms with Crippen LogP contribution in [0.1, 0.15) is 0 Å². The van der Waals surface area contributed by atoms with E-state index in [1.807, 2.05) is 0 Å². The van der Waals surface area contributed by atoms with Crippen molar-refractivity contribution in [2.24, 2.45) is 10.4 Å². The van der Waals surface area contributed by atoms with Gasteiger partial charge >= 0.3 is 0 Å². The monoisotopic (exact) mass is 206 g/mol. The summed E-state index contributed by atoms with van der Waals surface area (Å²) < 4.78 is 4.68. The first kappa shape index (κ1) is 11.1. The Morgan fingerprint density at radius 1 is 1.36 bits per heavy atom. The van der Waals surface area contributed by atoms with Gasteiger partial charge in [-0.05, 0) is 0 Å². The molecule has 0 aromatic heterocycles. The first-order valence-corrected chi connectivity index (χ1v) is 3.93. The maximum Gasteiger partial charge on any atom is 0.183 e. The van der Waals surface area contributed by atoms with Gasteiger partial charge in [0, 0.05) is 0 Å². The van der Waals surface area contributed by atoms with E-state index < -0.39 is 37.2 Å². The first-order chi connectivity index (χ1) is 6.65. The molecule has 8 nitrogen and oxygen atoms in total. The molecule has 0 aromatic carbocycles. The first-order valence-electron chi connectivity index (χ1n) is 3.93. The average Bonchev–Trinajstić information content (AvgIpc) is 2.45. The fourth-order valence-electron chi connectivity index (χ4n) is 1.32. The molecule has 0 saturated carbocycles. The number of ether oxygens (including phenoxy) is 1. The van der Waals surface area contributed by atoms with Gasteiger partial charge in [0.05, 0.1) is 6.61 Å². The number of aliphatic hydroxyl groups excluding tert-OH is 3. The minimum Gasteiger partial charge on any atom is -0.394 e. The zero-order chi connectivity index (χ0) is 10.7. The standard InChI is InChI=1S/C6H10N2O6/c9-1-2(7-12)5-3(8-13)4(10)6(11)14-5/h2-6,9-11H,1H2/t2-,3-,4-,5-,6-/m1/s1. The number of hydrogen-bond acceptors (Lipinski definition) is 8. The van der Waals surface area contributed by atoms with Crippen LogP contribution in [0.2, 0.25) is 0 Å². The molecule has 1 rings (SSSR count). The summed E-state index contributed by atoms with van der Waals surface area (Å²) in [5.74, 6) is 0. The highest BCUT2D eigenvalue weighted by atomic mass is 16.6. The minimum absolute atomic E-state index is 0.639. The van der Waals surface area contributed by atoms with E-state index in [1.165, 1.54) is 0 Å². The topological polar surface area (TPSA) is 129 Å². The van der Waals surface area contributed by atoms with Crippen molar-refractivity contribution in [1.82, 2.24) is 0 Å². The fourth-order valence-corrected chi connectivity index (χ4v) is 1.32. The second kappa shape index (κ2) is 4.51. The smallest absolute Gasteiger partial charge is 0.183 e. The van der Waals surface area contributed by atoms with Crippen LogP contribution in [0.4, 0.5) is 0 Å². The zero-order valence-electron chi connectivity index (χ0n) is 7.05. The van der Waals surface area contributed by atoms with Gasteiger partial charge < -0.3 is 20.1 Å². The molecule has 3 N–H and O–H groups in total. The predicted octanol–water partition coefficient (Wildman–Crippen LogP) is -1.67. The van der Waals surface area contributed by atoms with Crippen LogP contribution in [-0.2, 0) is 4.74 Å². The molecule has 0 aliphatic carbocycles. The molecule has 14 heavy (non-hydrogen) atoms. The van der Waals surface area contributed by atoms with E-state index in [2.05, 4.69) is 15.1 Å². The normalized spacial score (nSPS) is 39.4. The van der Waals surface area contributed by atoms with Crippen LogP contribution in [0.5, 0.6) is 0 Å². The molecule has 0 bridgehead atoms. The summed E-state index contributed by atoms with van der Waals surface area (Å²) in [6.07, 6.45) is -4.26. The molecular weight excluding hydrogens is 196 g/mol. The van der Waals surface area contributed by atoms with Crippen molar-refractivity contribution in [3.8, 4) is 0 Å². The highest BCUT2D eigenvalue weighted by Crippen LogP contribution is 2.25. The molecule has 1 aliphatic heterocycles. The van der Waals surface area contributed by atoms with Gasteiger partial charge in [0.2, 0.25) is 0 Å². The lowest BCUT2D eigenvalue weighted by atomic mass is 10.0. The summed E-state index contributed by atoms with van der Waals surface area (Å²) in [5, 5.41) is 31.9. The van der Waals surface area contributed by atoms with Crippen LogP contribution in [-0.4, -0.2) is 52.5 Å². The van der Waals surface area contributed by atoms with Gasteiger partial charge in [-0.25, -0.2) is 0 Å². The van der Waals surface area contributed by atoms with Crippen molar-refractivity contribution in [3.05, 3.63) is 9.81 Å². The third-order valence-corrected chi connectivity index (χ3v) is 2.10. The molecule has 5 atom stereocenters. The Morgan fingerprint density at radius 2 is 2.00 bits per heavy atom. The number of nitroso groups, excluding NO2 is 2. The average molecular weight is 206 g/mol. The summed E-state index contributed by atoms with van der Waals surface area (Å²) in [7, 11) is 0. The molecule has 0 unspecified atom stereocenters. The number of rotatable bonds is 4. The van der Waals surface area contributed by atoms with Crippen molar-refractivity contribution in [3.63, 3.8) is 0 Å². The lowest BCUT2D eigenvalue weighted by Gasteiger charge is -2.15. The van der Waals surface area contributed by atoms with Gasteiger partial charge in [-0.2, -0.15) is 9.81 Å². The lowest BCUT2D eigenvalue weighted by molar-refractivity contribution is -0.131. The van der Waals surface area contributed by atoms with Crippen LogP contribution in [0.3, 0.4) is 0 Å². The van der Waals surface area contributed by atoms with E-state index >= 15 is 0 Å². The molecule has 0 amide bonds. The number of aliphatic hydroxyl groups is 3. The minimum atomic E-state index is -1.58. The Labute approximate surface area is 78.4 Å². The summed E-state index contributed by atoms with van der Waals surface area (Å²) in [5.41, 5.74) is 0. The van der Waals surface area contributed by atoms with E-state index in [1.54, 1.807) is 0 Å². The van der Waals surface area contributed by atoms with Crippen molar-refractivity contribution in [2.45, 2.75) is 30.6 Å². The van der Waals surface area contributed by atoms with E-state index in [9.17, 15) is 14.9 Å². The highest BCUT2D eigenvalue weighted by molar-refractivity contribution is 4.97. The Morgan fingerprint density at radius 3 is 2.43 bits per heavy atom. The van der Waals surface area contributed by atoms with Crippen LogP contribution in [0, 0.1) is 9.81 Å². The molecule has 0 radical (unpaired) electrons. The van der Waals surface area contributed by atoms with Gasteiger partial charge in [0.15, 0.2) is 12.3 Å². The summed E-state index contributed by atoms with van der Waals surface area (Å²) in [4.78, 5) is 20.5. The Bertz CT molecular complexity index is 224. The second-order valence-corrected chi connectivity index (χ2v) is 2.93. The second-order valence-electron chi connectivity index (χ2n) is 2.93. The van der Waals surface area contributed by atoms with Crippen molar-refractivity contribution < 1.29 is 20.1 Å². The molecular formula is C6H10N2O6. The zero-order valence-corrected chi connectivity index (χ0v) is 7.05. The number of hydrogen-bond donors (Lipinski definition) is 3. The van der Waals surface area contributed by atoms with Crippen molar-refractivity contribution in [1.29, 1.82) is 0 Å². The third kappa shape index (κ3) is 1.77. The molecule has 1 saturated heterocycles. The Kier molecular flexibility index (Phi) is 3.58. The fraction of sp³-hybridized carbons (Fsp3) is 1.00. The highest BCUT2D eigenvalue weighted by Gasteiger charge is 2.48. The molecule has 80 valence electrons. The molecule has 8 heteroatoms. The van der Waals surface area contributed by atoms with Crippen molar-refractivity contribution in [2.75, 3.05) is 6.61 Å². The van der Waals surface area contributed by atoms with Crippen LogP contribution < -0.4 is 0 Å². The van der Waals surface area contributed by atoms with E-state index in [0.29, 0.717) is 0 Å². The largest absolute Gasteiger partial charge is 0.394 e. The summed E-state index contributed by atoms with van der Waals surface area (Å²) in [6, 6.07) is -2.51. The number of nitrogens with zero attached hydrogens (tertiary/aromatic N) is 2. The third-order valence-electron chi connectivity index (χ3n) is 2.10. The molecule has 1 aliphatic rings. The van der Waals surface area contributed by atoms with E-state index in [0.717, 1.165) is 0 Å². The maximum absolute atomic E-state index is 10.3. The molecule has 0 aromatic rings. The molecule has 1 fully saturated rings. The quantitative estimate of drug-likeness (QED) is 0.471. The lowest BCUT2D eigenvalue weighted by Crippen LogP contribution is -2.38. The van der Waals surface area contributed by atoms with Crippen LogP contribution in [0.15, 0.2) is 10.4 Å². The SMILES string of the molecule is O=N[C@@H]1[C@@H](O)[C@H](O)O[C@@H]1[C@@H](CO)N=O. The Balaban J connectivity index is 2.78. The Hall–Kier alpha value is -0.960. The molecule has 0 spiro atoms. The van der Waals surface area contributed by atoms with E-state index in [-0.39, 0.29) is 0 Å². The van der Waals surface area contributed by atoms with Gasteiger partial charge in [-0.3, -0.25) is 0 Å². The maximum atomic E-state index is 10.3. The van der Waals surface area contributed by atoms with Crippen molar-refractivity contribution >= 4 is 0 Å². The summed E-state index contributed by atoms with van der Waals surface area (Å²) >= 11 is 0. The van der Waals surface area contributed by atoms with Crippen LogP contribution in [0.25, 0.3) is 0 Å². The molecule has 1 heterocycles. The van der Waals surface area contributed by atoms with Crippen LogP contribution >= 0.6 is 0 Å². The summed E-state index contributed by atoms with van der Waals surface area (Å²) in [6.45, 7) is -0.639. The predicted molar refractivity (Wildman–Crippen MR) is 43.1 cm³/mol. The van der Waals surface area contributed by atoms with Gasteiger partial charge in [0.1, 0.15) is 18.2 Å². The van der Waals surface area contributed by atoms with Gasteiger partial charge in [-0.15, -0.1) is 0 Å². The van der Waals surface area contributed by atoms with Gasteiger partial charge in [-0.1, -0.05) is 10.4 Å². The van der Waals surface area contributed by atoms with Gasteiger partial charge in [0.25, 0.3) is 0 Å².